The lowest BCUT2D eigenvalue weighted by Crippen LogP contribution is -2.10. The predicted octanol–water partition coefficient (Wildman–Crippen LogP) is 2.22. The fourth-order valence-corrected chi connectivity index (χ4v) is 1.66. The second-order valence-corrected chi connectivity index (χ2v) is 4.72. The standard InChI is InChI=1S/C12H18N4/c1-8(2)7-10-13-9-5-6-11(16(3)4)15-12(9)14-10/h5-6,8H,7H2,1-4H3,(H,13,14,15). The molecule has 86 valence electrons. The van der Waals surface area contributed by atoms with Gasteiger partial charge in [0.1, 0.15) is 11.6 Å². The van der Waals surface area contributed by atoms with Crippen LogP contribution in [0.5, 0.6) is 0 Å². The molecular weight excluding hydrogens is 200 g/mol. The van der Waals surface area contributed by atoms with E-state index in [-0.39, 0.29) is 0 Å². The van der Waals surface area contributed by atoms with Crippen LogP contribution in [0.1, 0.15) is 19.7 Å². The van der Waals surface area contributed by atoms with E-state index in [1.807, 2.05) is 31.1 Å². The summed E-state index contributed by atoms with van der Waals surface area (Å²) in [6, 6.07) is 4.04. The van der Waals surface area contributed by atoms with Crippen molar-refractivity contribution in [2.24, 2.45) is 5.92 Å². The van der Waals surface area contributed by atoms with Crippen LogP contribution in [0.4, 0.5) is 5.82 Å². The van der Waals surface area contributed by atoms with Crippen LogP contribution in [-0.2, 0) is 6.42 Å². The summed E-state index contributed by atoms with van der Waals surface area (Å²) in [6.45, 7) is 4.37. The lowest BCUT2D eigenvalue weighted by molar-refractivity contribution is 0.627. The van der Waals surface area contributed by atoms with E-state index in [4.69, 9.17) is 0 Å². The van der Waals surface area contributed by atoms with Gasteiger partial charge < -0.3 is 9.88 Å². The van der Waals surface area contributed by atoms with Gasteiger partial charge in [0.05, 0.1) is 5.52 Å². The molecular formula is C12H18N4. The molecule has 4 nitrogen and oxygen atoms in total. The Labute approximate surface area is 95.7 Å². The maximum absolute atomic E-state index is 4.50. The third-order valence-electron chi connectivity index (χ3n) is 2.44. The Balaban J connectivity index is 2.38. The molecule has 0 amide bonds. The van der Waals surface area contributed by atoms with Gasteiger partial charge in [-0.1, -0.05) is 13.8 Å². The van der Waals surface area contributed by atoms with Crippen molar-refractivity contribution in [3.8, 4) is 0 Å². The Morgan fingerprint density at radius 1 is 1.25 bits per heavy atom. The van der Waals surface area contributed by atoms with Gasteiger partial charge in [-0.15, -0.1) is 0 Å². The van der Waals surface area contributed by atoms with E-state index in [9.17, 15) is 0 Å². The average Bonchev–Trinajstić information content (AvgIpc) is 2.56. The van der Waals surface area contributed by atoms with Crippen LogP contribution >= 0.6 is 0 Å². The van der Waals surface area contributed by atoms with Gasteiger partial charge in [-0.2, -0.15) is 0 Å². The van der Waals surface area contributed by atoms with Gasteiger partial charge in [0, 0.05) is 20.5 Å². The normalized spacial score (nSPS) is 11.3. The van der Waals surface area contributed by atoms with Crippen LogP contribution < -0.4 is 4.90 Å². The number of nitrogens with one attached hydrogen (secondary N) is 1. The third kappa shape index (κ3) is 2.15. The molecule has 0 spiro atoms. The van der Waals surface area contributed by atoms with E-state index in [0.717, 1.165) is 29.2 Å². The number of nitrogens with zero attached hydrogens (tertiary/aromatic N) is 3. The van der Waals surface area contributed by atoms with Crippen molar-refractivity contribution in [3.05, 3.63) is 18.0 Å². The molecule has 0 aliphatic heterocycles. The Morgan fingerprint density at radius 2 is 2.00 bits per heavy atom. The summed E-state index contributed by atoms with van der Waals surface area (Å²) in [5, 5.41) is 0. The zero-order valence-corrected chi connectivity index (χ0v) is 10.3. The molecule has 2 rings (SSSR count). The smallest absolute Gasteiger partial charge is 0.179 e. The fraction of sp³-hybridized carbons (Fsp3) is 0.500. The minimum Gasteiger partial charge on any atom is -0.363 e. The summed E-state index contributed by atoms with van der Waals surface area (Å²) in [5.74, 6) is 2.57. The molecule has 0 aliphatic carbocycles. The molecule has 0 unspecified atom stereocenters. The minimum atomic E-state index is 0.605. The van der Waals surface area contributed by atoms with E-state index >= 15 is 0 Å². The quantitative estimate of drug-likeness (QED) is 0.859. The largest absolute Gasteiger partial charge is 0.363 e. The van der Waals surface area contributed by atoms with Crippen molar-refractivity contribution >= 4 is 17.0 Å². The molecule has 0 aliphatic rings. The number of hydrogen-bond acceptors (Lipinski definition) is 3. The number of anilines is 1. The monoisotopic (exact) mass is 218 g/mol. The number of hydrogen-bond donors (Lipinski definition) is 1. The van der Waals surface area contributed by atoms with E-state index in [0.29, 0.717) is 5.92 Å². The predicted molar refractivity (Wildman–Crippen MR) is 66.8 cm³/mol. The van der Waals surface area contributed by atoms with Gasteiger partial charge in [0.15, 0.2) is 5.65 Å². The average molecular weight is 218 g/mol. The summed E-state index contributed by atoms with van der Waals surface area (Å²) in [7, 11) is 3.96. The number of aromatic nitrogens is 3. The molecule has 0 aromatic carbocycles. The first-order valence-electron chi connectivity index (χ1n) is 5.59. The second-order valence-electron chi connectivity index (χ2n) is 4.72. The highest BCUT2D eigenvalue weighted by atomic mass is 15.1. The lowest BCUT2D eigenvalue weighted by Gasteiger charge is -2.09. The molecule has 4 heteroatoms. The highest BCUT2D eigenvalue weighted by Gasteiger charge is 2.07. The molecule has 16 heavy (non-hydrogen) atoms. The van der Waals surface area contributed by atoms with Gasteiger partial charge in [0.25, 0.3) is 0 Å². The number of aromatic amines is 1. The van der Waals surface area contributed by atoms with Crippen molar-refractivity contribution < 1.29 is 0 Å². The Morgan fingerprint density at radius 3 is 2.62 bits per heavy atom. The number of rotatable bonds is 3. The number of pyridine rings is 1. The van der Waals surface area contributed by atoms with E-state index in [2.05, 4.69) is 28.8 Å². The lowest BCUT2D eigenvalue weighted by atomic mass is 10.1. The zero-order chi connectivity index (χ0) is 11.7. The summed E-state index contributed by atoms with van der Waals surface area (Å²) in [5.41, 5.74) is 1.82. The molecule has 0 atom stereocenters. The fourth-order valence-electron chi connectivity index (χ4n) is 1.66. The van der Waals surface area contributed by atoms with Crippen molar-refractivity contribution in [1.82, 2.24) is 15.0 Å². The van der Waals surface area contributed by atoms with Crippen molar-refractivity contribution in [2.75, 3.05) is 19.0 Å². The Hall–Kier alpha value is -1.58. The van der Waals surface area contributed by atoms with Gasteiger partial charge >= 0.3 is 0 Å². The molecule has 0 bridgehead atoms. The van der Waals surface area contributed by atoms with E-state index in [1.165, 1.54) is 0 Å². The van der Waals surface area contributed by atoms with Gasteiger partial charge in [0.2, 0.25) is 0 Å². The van der Waals surface area contributed by atoms with Crippen LogP contribution in [0, 0.1) is 5.92 Å². The third-order valence-corrected chi connectivity index (χ3v) is 2.44. The Kier molecular flexibility index (Phi) is 2.81. The summed E-state index contributed by atoms with van der Waals surface area (Å²) in [6.07, 6.45) is 0.966. The van der Waals surface area contributed by atoms with E-state index < -0.39 is 0 Å². The summed E-state index contributed by atoms with van der Waals surface area (Å²) < 4.78 is 0. The van der Waals surface area contributed by atoms with Crippen LogP contribution in [0.25, 0.3) is 11.2 Å². The summed E-state index contributed by atoms with van der Waals surface area (Å²) >= 11 is 0. The summed E-state index contributed by atoms with van der Waals surface area (Å²) in [4.78, 5) is 14.3. The highest BCUT2D eigenvalue weighted by molar-refractivity contribution is 5.73. The van der Waals surface area contributed by atoms with Gasteiger partial charge in [-0.05, 0) is 18.1 Å². The first-order chi connectivity index (χ1) is 7.56. The van der Waals surface area contributed by atoms with Crippen molar-refractivity contribution in [3.63, 3.8) is 0 Å². The molecule has 2 heterocycles. The number of H-pyrrole nitrogens is 1. The van der Waals surface area contributed by atoms with Crippen LogP contribution in [0.2, 0.25) is 0 Å². The highest BCUT2D eigenvalue weighted by Crippen LogP contribution is 2.15. The maximum atomic E-state index is 4.50. The van der Waals surface area contributed by atoms with Crippen LogP contribution in [0.15, 0.2) is 12.1 Å². The topological polar surface area (TPSA) is 44.8 Å². The van der Waals surface area contributed by atoms with E-state index in [1.54, 1.807) is 0 Å². The SMILES string of the molecule is CC(C)Cc1nc2nc(N(C)C)ccc2[nH]1. The Bertz CT molecular complexity index is 485. The molecule has 0 saturated carbocycles. The molecule has 0 fully saturated rings. The zero-order valence-electron chi connectivity index (χ0n) is 10.3. The van der Waals surface area contributed by atoms with Crippen LogP contribution in [0.3, 0.4) is 0 Å². The molecule has 0 saturated heterocycles. The van der Waals surface area contributed by atoms with Crippen molar-refractivity contribution in [2.45, 2.75) is 20.3 Å². The number of fused-ring (bicyclic) bond motifs is 1. The molecule has 2 aromatic rings. The van der Waals surface area contributed by atoms with Crippen LogP contribution in [-0.4, -0.2) is 29.0 Å². The maximum Gasteiger partial charge on any atom is 0.179 e. The van der Waals surface area contributed by atoms with Crippen molar-refractivity contribution in [1.29, 1.82) is 0 Å². The van der Waals surface area contributed by atoms with Gasteiger partial charge in [-0.25, -0.2) is 9.97 Å². The molecule has 0 radical (unpaired) electrons. The first-order valence-corrected chi connectivity index (χ1v) is 5.59. The molecule has 1 N–H and O–H groups in total. The van der Waals surface area contributed by atoms with Gasteiger partial charge in [-0.3, -0.25) is 0 Å². The first kappa shape index (κ1) is 10.9. The number of imidazole rings is 1. The minimum absolute atomic E-state index is 0.605. The molecule has 2 aromatic heterocycles. The second kappa shape index (κ2) is 4.12.